The lowest BCUT2D eigenvalue weighted by Crippen LogP contribution is -2.29. The lowest BCUT2D eigenvalue weighted by Gasteiger charge is -2.30. The van der Waals surface area contributed by atoms with Crippen molar-refractivity contribution >= 4 is 5.71 Å². The average molecular weight is 265 g/mol. The third-order valence-corrected chi connectivity index (χ3v) is 4.14. The van der Waals surface area contributed by atoms with Crippen molar-refractivity contribution in [2.45, 2.75) is 86.6 Å². The zero-order valence-electron chi connectivity index (χ0n) is 14.5. The van der Waals surface area contributed by atoms with Crippen LogP contribution in [0.1, 0.15) is 81.1 Å². The molecule has 0 heterocycles. The summed E-state index contributed by atoms with van der Waals surface area (Å²) in [7, 11) is 0. The summed E-state index contributed by atoms with van der Waals surface area (Å²) >= 11 is 0. The normalized spacial score (nSPS) is 16.1. The highest BCUT2D eigenvalue weighted by atomic mass is 14.9. The van der Waals surface area contributed by atoms with E-state index < -0.39 is 0 Å². The fourth-order valence-corrected chi connectivity index (χ4v) is 2.23. The molecule has 0 amide bonds. The number of allylic oxidation sites excluding steroid dienone is 1. The van der Waals surface area contributed by atoms with E-state index in [1.807, 2.05) is 0 Å². The van der Waals surface area contributed by atoms with E-state index in [4.69, 9.17) is 4.99 Å². The van der Waals surface area contributed by atoms with Gasteiger partial charge in [-0.25, -0.2) is 0 Å². The molecule has 0 aliphatic rings. The maximum Gasteiger partial charge on any atom is 0.0613 e. The van der Waals surface area contributed by atoms with Gasteiger partial charge in [0, 0.05) is 11.6 Å². The molecule has 1 nitrogen and oxygen atoms in total. The summed E-state index contributed by atoms with van der Waals surface area (Å²) in [5, 5.41) is 0. The van der Waals surface area contributed by atoms with Gasteiger partial charge in [-0.05, 0) is 46.5 Å². The number of aliphatic imine (C=N–C) groups is 1. The van der Waals surface area contributed by atoms with Crippen LogP contribution < -0.4 is 0 Å². The van der Waals surface area contributed by atoms with Crippen LogP contribution in [0.15, 0.2) is 16.6 Å². The van der Waals surface area contributed by atoms with Gasteiger partial charge >= 0.3 is 0 Å². The number of hydrogen-bond acceptors (Lipinski definition) is 1. The minimum absolute atomic E-state index is 0.0193. The van der Waals surface area contributed by atoms with E-state index in [1.165, 1.54) is 30.5 Å². The van der Waals surface area contributed by atoms with Crippen molar-refractivity contribution in [2.75, 3.05) is 0 Å². The van der Waals surface area contributed by atoms with E-state index in [-0.39, 0.29) is 5.54 Å². The second kappa shape index (κ2) is 8.55. The van der Waals surface area contributed by atoms with Crippen molar-refractivity contribution in [1.29, 1.82) is 0 Å². The zero-order valence-corrected chi connectivity index (χ0v) is 14.5. The fourth-order valence-electron chi connectivity index (χ4n) is 2.23. The monoisotopic (exact) mass is 265 g/mol. The molecular formula is C18H35N. The number of nitrogens with zero attached hydrogens (tertiary/aromatic N) is 1. The van der Waals surface area contributed by atoms with E-state index in [9.17, 15) is 0 Å². The van der Waals surface area contributed by atoms with Crippen LogP contribution in [-0.4, -0.2) is 11.3 Å². The van der Waals surface area contributed by atoms with Gasteiger partial charge in [-0.1, -0.05) is 52.2 Å². The first-order chi connectivity index (χ1) is 8.74. The Morgan fingerprint density at radius 2 is 1.74 bits per heavy atom. The first kappa shape index (κ1) is 18.4. The number of hydrogen-bond donors (Lipinski definition) is 0. The highest BCUT2D eigenvalue weighted by Crippen LogP contribution is 2.30. The van der Waals surface area contributed by atoms with E-state index in [1.54, 1.807) is 0 Å². The lowest BCUT2D eigenvalue weighted by molar-refractivity contribution is 0.353. The predicted molar refractivity (Wildman–Crippen MR) is 89.1 cm³/mol. The predicted octanol–water partition coefficient (Wildman–Crippen LogP) is 6.04. The van der Waals surface area contributed by atoms with Crippen molar-refractivity contribution in [2.24, 2.45) is 16.8 Å². The van der Waals surface area contributed by atoms with E-state index in [0.717, 1.165) is 6.42 Å². The first-order valence-corrected chi connectivity index (χ1v) is 7.98. The van der Waals surface area contributed by atoms with Crippen molar-refractivity contribution in [3.63, 3.8) is 0 Å². The quantitative estimate of drug-likeness (QED) is 0.374. The maximum absolute atomic E-state index is 4.97. The van der Waals surface area contributed by atoms with E-state index in [0.29, 0.717) is 11.8 Å². The van der Waals surface area contributed by atoms with Crippen LogP contribution in [0.2, 0.25) is 0 Å². The zero-order chi connectivity index (χ0) is 15.1. The largest absolute Gasteiger partial charge is 0.288 e. The summed E-state index contributed by atoms with van der Waals surface area (Å²) in [6, 6.07) is 0. The second-order valence-electron chi connectivity index (χ2n) is 6.67. The molecule has 0 aromatic carbocycles. The maximum atomic E-state index is 4.97. The molecule has 1 heteroatoms. The average Bonchev–Trinajstić information content (AvgIpc) is 2.32. The summed E-state index contributed by atoms with van der Waals surface area (Å²) < 4.78 is 0. The molecule has 112 valence electrons. The Kier molecular flexibility index (Phi) is 8.29. The van der Waals surface area contributed by atoms with Crippen molar-refractivity contribution < 1.29 is 0 Å². The molecule has 0 fully saturated rings. The lowest BCUT2D eigenvalue weighted by atomic mass is 9.81. The van der Waals surface area contributed by atoms with Gasteiger partial charge in [-0.2, -0.15) is 0 Å². The SMILES string of the molecule is CCCC[C@H](/C=C(/C)C(C)C)C(C)(C)N=C(C)CC. The Bertz CT molecular complexity index is 308. The van der Waals surface area contributed by atoms with Crippen molar-refractivity contribution in [3.05, 3.63) is 11.6 Å². The molecule has 1 atom stereocenters. The highest BCUT2D eigenvalue weighted by molar-refractivity contribution is 5.82. The third-order valence-electron chi connectivity index (χ3n) is 4.14. The molecule has 0 aromatic rings. The van der Waals surface area contributed by atoms with Gasteiger partial charge in [0.15, 0.2) is 0 Å². The van der Waals surface area contributed by atoms with Gasteiger partial charge < -0.3 is 0 Å². The molecule has 0 bridgehead atoms. The Hall–Kier alpha value is -0.590. The first-order valence-electron chi connectivity index (χ1n) is 7.98. The van der Waals surface area contributed by atoms with Crippen LogP contribution in [0.3, 0.4) is 0 Å². The van der Waals surface area contributed by atoms with Gasteiger partial charge in [0.05, 0.1) is 5.54 Å². The molecule has 0 saturated heterocycles. The standard InChI is InChI=1S/C18H35N/c1-9-11-12-17(13-15(5)14(3)4)18(7,8)19-16(6)10-2/h13-14,17H,9-12H2,1-8H3/b15-13-,19-16?/t17-/m1/s1. The molecule has 0 N–H and O–H groups in total. The summed E-state index contributed by atoms with van der Waals surface area (Å²) in [6.45, 7) is 18.0. The summed E-state index contributed by atoms with van der Waals surface area (Å²) in [4.78, 5) is 4.97. The molecule has 0 unspecified atom stereocenters. The molecule has 0 spiro atoms. The molecule has 19 heavy (non-hydrogen) atoms. The Morgan fingerprint density at radius 3 is 2.16 bits per heavy atom. The van der Waals surface area contributed by atoms with E-state index >= 15 is 0 Å². The van der Waals surface area contributed by atoms with Crippen LogP contribution in [0.4, 0.5) is 0 Å². The smallest absolute Gasteiger partial charge is 0.0613 e. The van der Waals surface area contributed by atoms with Gasteiger partial charge in [0.2, 0.25) is 0 Å². The Morgan fingerprint density at radius 1 is 1.16 bits per heavy atom. The van der Waals surface area contributed by atoms with Crippen LogP contribution in [0.25, 0.3) is 0 Å². The van der Waals surface area contributed by atoms with Crippen molar-refractivity contribution in [1.82, 2.24) is 0 Å². The Balaban J connectivity index is 5.17. The Labute approximate surface area is 121 Å². The third kappa shape index (κ3) is 6.94. The minimum atomic E-state index is 0.0193. The number of rotatable bonds is 8. The highest BCUT2D eigenvalue weighted by Gasteiger charge is 2.27. The van der Waals surface area contributed by atoms with Crippen LogP contribution >= 0.6 is 0 Å². The molecular weight excluding hydrogens is 230 g/mol. The van der Waals surface area contributed by atoms with Gasteiger partial charge in [-0.3, -0.25) is 4.99 Å². The molecule has 0 rings (SSSR count). The molecule has 0 aliphatic carbocycles. The van der Waals surface area contributed by atoms with Crippen LogP contribution in [0, 0.1) is 11.8 Å². The molecule has 0 radical (unpaired) electrons. The summed E-state index contributed by atoms with van der Waals surface area (Å²) in [5.74, 6) is 1.19. The van der Waals surface area contributed by atoms with Gasteiger partial charge in [0.1, 0.15) is 0 Å². The second-order valence-corrected chi connectivity index (χ2v) is 6.67. The summed E-state index contributed by atoms with van der Waals surface area (Å²) in [6.07, 6.45) is 7.33. The topological polar surface area (TPSA) is 12.4 Å². The van der Waals surface area contributed by atoms with Crippen LogP contribution in [-0.2, 0) is 0 Å². The van der Waals surface area contributed by atoms with Crippen molar-refractivity contribution in [3.8, 4) is 0 Å². The van der Waals surface area contributed by atoms with Crippen LogP contribution in [0.5, 0.6) is 0 Å². The number of unbranched alkanes of at least 4 members (excludes halogenated alkanes) is 1. The van der Waals surface area contributed by atoms with Gasteiger partial charge in [0.25, 0.3) is 0 Å². The molecule has 0 saturated carbocycles. The van der Waals surface area contributed by atoms with Gasteiger partial charge in [-0.15, -0.1) is 0 Å². The molecule has 0 aliphatic heterocycles. The minimum Gasteiger partial charge on any atom is -0.288 e. The summed E-state index contributed by atoms with van der Waals surface area (Å²) in [5.41, 5.74) is 2.78. The van der Waals surface area contributed by atoms with E-state index in [2.05, 4.69) is 61.5 Å². The molecule has 0 aromatic heterocycles. The fraction of sp³-hybridized carbons (Fsp3) is 0.833.